The Kier molecular flexibility index (Phi) is 6.36. The van der Waals surface area contributed by atoms with Crippen LogP contribution in [0.25, 0.3) is 5.69 Å². The lowest BCUT2D eigenvalue weighted by Crippen LogP contribution is -2.23. The van der Waals surface area contributed by atoms with Crippen LogP contribution in [0.15, 0.2) is 82.5 Å². The van der Waals surface area contributed by atoms with Crippen LogP contribution < -0.4 is 15.6 Å². The van der Waals surface area contributed by atoms with Crippen LogP contribution >= 0.6 is 0 Å². The zero-order valence-electron chi connectivity index (χ0n) is 19.9. The summed E-state index contributed by atoms with van der Waals surface area (Å²) in [7, 11) is -2.10. The van der Waals surface area contributed by atoms with Gasteiger partial charge in [-0.1, -0.05) is 30.3 Å². The summed E-state index contributed by atoms with van der Waals surface area (Å²) in [5, 5.41) is 2.68. The average molecular weight is 491 g/mol. The highest BCUT2D eigenvalue weighted by Crippen LogP contribution is 2.22. The summed E-state index contributed by atoms with van der Waals surface area (Å²) in [6.45, 7) is 5.49. The van der Waals surface area contributed by atoms with Gasteiger partial charge in [0.2, 0.25) is 0 Å². The lowest BCUT2D eigenvalue weighted by molar-refractivity contribution is 0.102. The van der Waals surface area contributed by atoms with Gasteiger partial charge in [-0.25, -0.2) is 13.1 Å². The van der Waals surface area contributed by atoms with Crippen LogP contribution in [0.4, 0.5) is 11.4 Å². The molecule has 0 atom stereocenters. The lowest BCUT2D eigenvalue weighted by atomic mass is 10.1. The van der Waals surface area contributed by atoms with E-state index in [2.05, 4.69) is 10.0 Å². The first-order valence-corrected chi connectivity index (χ1v) is 12.4. The molecule has 0 aliphatic carbocycles. The fourth-order valence-corrected chi connectivity index (χ4v) is 4.87. The summed E-state index contributed by atoms with van der Waals surface area (Å²) in [6, 6.07) is 20.1. The number of para-hydroxylation sites is 1. The standard InChI is InChI=1S/C26H26N4O4S/c1-17-9-8-12-23(18(17)2)28-35(33,34)22-15-13-20(14-16-22)25(31)27-24-19(3)29(4)30(26(24)32)21-10-6-5-7-11-21/h5-16,28H,1-4H3,(H,27,31). The third-order valence-corrected chi connectivity index (χ3v) is 7.45. The van der Waals surface area contributed by atoms with Crippen molar-refractivity contribution in [2.75, 3.05) is 10.0 Å². The van der Waals surface area contributed by atoms with Crippen LogP contribution in [-0.2, 0) is 17.1 Å². The number of carbonyl (C=O) groups is 1. The van der Waals surface area contributed by atoms with Crippen molar-refractivity contribution in [3.8, 4) is 5.69 Å². The largest absolute Gasteiger partial charge is 0.316 e. The van der Waals surface area contributed by atoms with E-state index in [4.69, 9.17) is 0 Å². The number of sulfonamides is 1. The molecule has 4 rings (SSSR count). The van der Waals surface area contributed by atoms with Gasteiger partial charge in [0.25, 0.3) is 21.5 Å². The molecule has 0 aliphatic heterocycles. The molecule has 8 nitrogen and oxygen atoms in total. The molecule has 180 valence electrons. The number of nitrogens with zero attached hydrogens (tertiary/aromatic N) is 2. The molecular weight excluding hydrogens is 464 g/mol. The van der Waals surface area contributed by atoms with E-state index in [1.807, 2.05) is 38.1 Å². The number of hydrogen-bond donors (Lipinski definition) is 2. The zero-order valence-corrected chi connectivity index (χ0v) is 20.7. The maximum Gasteiger partial charge on any atom is 0.295 e. The molecule has 9 heteroatoms. The minimum absolute atomic E-state index is 0.0253. The van der Waals surface area contributed by atoms with Crippen LogP contribution in [0.2, 0.25) is 0 Å². The van der Waals surface area contributed by atoms with Crippen molar-refractivity contribution in [2.45, 2.75) is 25.7 Å². The molecule has 0 aliphatic rings. The molecule has 1 amide bonds. The fraction of sp³-hybridized carbons (Fsp3) is 0.154. The van der Waals surface area contributed by atoms with Crippen LogP contribution in [-0.4, -0.2) is 23.7 Å². The smallest absolute Gasteiger partial charge is 0.295 e. The quantitative estimate of drug-likeness (QED) is 0.424. The first kappa shape index (κ1) is 24.0. The Balaban J connectivity index is 1.56. The van der Waals surface area contributed by atoms with Gasteiger partial charge in [-0.15, -0.1) is 0 Å². The molecule has 1 heterocycles. The number of nitrogens with one attached hydrogen (secondary N) is 2. The van der Waals surface area contributed by atoms with Crippen molar-refractivity contribution in [1.29, 1.82) is 0 Å². The van der Waals surface area contributed by atoms with Gasteiger partial charge in [0.15, 0.2) is 0 Å². The van der Waals surface area contributed by atoms with Crippen molar-refractivity contribution in [2.24, 2.45) is 7.05 Å². The van der Waals surface area contributed by atoms with E-state index >= 15 is 0 Å². The number of amides is 1. The van der Waals surface area contributed by atoms with Gasteiger partial charge in [-0.05, 0) is 74.4 Å². The molecule has 35 heavy (non-hydrogen) atoms. The Morgan fingerprint density at radius 2 is 1.51 bits per heavy atom. The molecular formula is C26H26N4O4S. The molecule has 0 spiro atoms. The minimum Gasteiger partial charge on any atom is -0.316 e. The van der Waals surface area contributed by atoms with Crippen LogP contribution in [0.1, 0.15) is 27.2 Å². The third-order valence-electron chi connectivity index (χ3n) is 6.07. The SMILES string of the molecule is Cc1cccc(NS(=O)(=O)c2ccc(C(=O)Nc3c(C)n(C)n(-c4ccccc4)c3=O)cc2)c1C. The van der Waals surface area contributed by atoms with E-state index in [0.29, 0.717) is 17.1 Å². The summed E-state index contributed by atoms with van der Waals surface area (Å²) in [4.78, 5) is 25.9. The fourth-order valence-electron chi connectivity index (χ4n) is 3.75. The Hall–Kier alpha value is -4.11. The van der Waals surface area contributed by atoms with Crippen LogP contribution in [0.5, 0.6) is 0 Å². The van der Waals surface area contributed by atoms with E-state index < -0.39 is 15.9 Å². The van der Waals surface area contributed by atoms with Gasteiger partial charge in [-0.3, -0.25) is 19.0 Å². The summed E-state index contributed by atoms with van der Waals surface area (Å²) in [5.74, 6) is -0.512. The van der Waals surface area contributed by atoms with Gasteiger partial charge in [0.05, 0.1) is 22.0 Å². The van der Waals surface area contributed by atoms with Crippen molar-refractivity contribution in [3.63, 3.8) is 0 Å². The molecule has 0 saturated carbocycles. The molecule has 1 aromatic heterocycles. The second-order valence-corrected chi connectivity index (χ2v) is 9.95. The van der Waals surface area contributed by atoms with Crippen LogP contribution in [0, 0.1) is 20.8 Å². The van der Waals surface area contributed by atoms with E-state index in [1.54, 1.807) is 42.9 Å². The van der Waals surface area contributed by atoms with Crippen LogP contribution in [0.3, 0.4) is 0 Å². The van der Waals surface area contributed by atoms with E-state index in [-0.39, 0.29) is 21.7 Å². The predicted molar refractivity (Wildman–Crippen MR) is 137 cm³/mol. The van der Waals surface area contributed by atoms with E-state index in [0.717, 1.165) is 11.1 Å². The highest BCUT2D eigenvalue weighted by Gasteiger charge is 2.20. The first-order chi connectivity index (χ1) is 16.6. The van der Waals surface area contributed by atoms with Gasteiger partial charge < -0.3 is 5.32 Å². The van der Waals surface area contributed by atoms with Gasteiger partial charge >= 0.3 is 0 Å². The maximum absolute atomic E-state index is 13.0. The second-order valence-electron chi connectivity index (χ2n) is 8.27. The Morgan fingerprint density at radius 1 is 0.857 bits per heavy atom. The molecule has 0 radical (unpaired) electrons. The summed E-state index contributed by atoms with van der Waals surface area (Å²) in [5.41, 5.74) is 3.60. The summed E-state index contributed by atoms with van der Waals surface area (Å²) >= 11 is 0. The second kappa shape index (κ2) is 9.27. The molecule has 0 saturated heterocycles. The normalized spacial score (nSPS) is 11.3. The van der Waals surface area contributed by atoms with Gasteiger partial charge in [-0.2, -0.15) is 0 Å². The minimum atomic E-state index is -3.84. The highest BCUT2D eigenvalue weighted by molar-refractivity contribution is 7.92. The summed E-state index contributed by atoms with van der Waals surface area (Å²) in [6.07, 6.45) is 0. The van der Waals surface area contributed by atoms with E-state index in [1.165, 1.54) is 28.9 Å². The molecule has 4 aromatic rings. The Morgan fingerprint density at radius 3 is 2.17 bits per heavy atom. The maximum atomic E-state index is 13.0. The molecule has 0 fully saturated rings. The molecule has 0 bridgehead atoms. The lowest BCUT2D eigenvalue weighted by Gasteiger charge is -2.12. The monoisotopic (exact) mass is 490 g/mol. The molecule has 2 N–H and O–H groups in total. The number of carbonyl (C=O) groups excluding carboxylic acids is 1. The van der Waals surface area contributed by atoms with Crippen molar-refractivity contribution in [1.82, 2.24) is 9.36 Å². The molecule has 0 unspecified atom stereocenters. The van der Waals surface area contributed by atoms with Crippen molar-refractivity contribution >= 4 is 27.3 Å². The first-order valence-electron chi connectivity index (χ1n) is 10.9. The number of anilines is 2. The zero-order chi connectivity index (χ0) is 25.3. The number of hydrogen-bond acceptors (Lipinski definition) is 4. The number of aryl methyl sites for hydroxylation is 1. The topological polar surface area (TPSA) is 102 Å². The highest BCUT2D eigenvalue weighted by atomic mass is 32.2. The van der Waals surface area contributed by atoms with Crippen molar-refractivity contribution in [3.05, 3.63) is 106 Å². The van der Waals surface area contributed by atoms with Crippen molar-refractivity contribution < 1.29 is 13.2 Å². The van der Waals surface area contributed by atoms with Gasteiger partial charge in [0, 0.05) is 12.6 Å². The third kappa shape index (κ3) is 4.63. The van der Waals surface area contributed by atoms with E-state index in [9.17, 15) is 18.0 Å². The number of rotatable bonds is 6. The van der Waals surface area contributed by atoms with Gasteiger partial charge in [0.1, 0.15) is 5.69 Å². The summed E-state index contributed by atoms with van der Waals surface area (Å²) < 4.78 is 31.4. The molecule has 3 aromatic carbocycles. The average Bonchev–Trinajstić information content (AvgIpc) is 3.05. The predicted octanol–water partition coefficient (Wildman–Crippen LogP) is 4.15. The number of benzene rings is 3. The Bertz CT molecular complexity index is 1570. The number of aromatic nitrogens is 2. The Labute approximate surface area is 203 Å².